The van der Waals surface area contributed by atoms with Crippen molar-refractivity contribution >= 4 is 34.0 Å². The van der Waals surface area contributed by atoms with Crippen LogP contribution in [-0.2, 0) is 6.54 Å². The van der Waals surface area contributed by atoms with E-state index in [2.05, 4.69) is 25.9 Å². The summed E-state index contributed by atoms with van der Waals surface area (Å²) >= 11 is 0. The molecule has 0 spiro atoms. The van der Waals surface area contributed by atoms with Crippen molar-refractivity contribution in [1.82, 2.24) is 35.3 Å². The third-order valence-corrected chi connectivity index (χ3v) is 6.51. The highest BCUT2D eigenvalue weighted by Crippen LogP contribution is 2.20. The standard InChI is InChI=1S/C16H15N3O.C15H14N4O/c1-12(13-7-3-2-4-8-13)11-16(20)19-15-10-6-5-9-14(15)17-18-19;1-11-5-4-6-12(9-11)10-16-15(20)19-14-8-3-2-7-13(14)17-18-19/h2-10,12H,11H2,1H3;2-9H,10H2,1H3,(H,16,20)/t12-;/m0./s1. The van der Waals surface area contributed by atoms with Gasteiger partial charge in [-0.05, 0) is 48.2 Å². The maximum atomic E-state index is 12.4. The summed E-state index contributed by atoms with van der Waals surface area (Å²) in [5.41, 5.74) is 6.30. The van der Waals surface area contributed by atoms with Gasteiger partial charge in [0, 0.05) is 13.0 Å². The van der Waals surface area contributed by atoms with Crippen LogP contribution in [0, 0.1) is 6.92 Å². The summed E-state index contributed by atoms with van der Waals surface area (Å²) in [5.74, 6) is 0.127. The van der Waals surface area contributed by atoms with E-state index in [0.717, 1.165) is 22.2 Å². The average molecular weight is 532 g/mol. The van der Waals surface area contributed by atoms with Crippen LogP contribution in [0.3, 0.4) is 0 Å². The molecule has 9 nitrogen and oxygen atoms in total. The van der Waals surface area contributed by atoms with E-state index in [1.807, 2.05) is 117 Å². The molecule has 0 saturated carbocycles. The molecule has 9 heteroatoms. The van der Waals surface area contributed by atoms with E-state index in [9.17, 15) is 9.59 Å². The summed E-state index contributed by atoms with van der Waals surface area (Å²) in [7, 11) is 0. The predicted octanol–water partition coefficient (Wildman–Crippen LogP) is 5.76. The molecule has 0 aliphatic heterocycles. The Hall–Kier alpha value is -5.18. The summed E-state index contributed by atoms with van der Waals surface area (Å²) in [4.78, 5) is 24.5. The molecule has 0 fully saturated rings. The van der Waals surface area contributed by atoms with Crippen LogP contribution in [0.15, 0.2) is 103 Å². The number of aryl methyl sites for hydroxylation is 1. The van der Waals surface area contributed by atoms with Gasteiger partial charge in [0.25, 0.3) is 0 Å². The second kappa shape index (κ2) is 12.1. The zero-order chi connectivity index (χ0) is 27.9. The molecule has 40 heavy (non-hydrogen) atoms. The zero-order valence-corrected chi connectivity index (χ0v) is 22.3. The van der Waals surface area contributed by atoms with Crippen LogP contribution in [0.1, 0.15) is 40.7 Å². The fraction of sp³-hybridized carbons (Fsp3) is 0.161. The fourth-order valence-corrected chi connectivity index (χ4v) is 4.39. The Morgan fingerprint density at radius 2 is 1.35 bits per heavy atom. The first-order valence-corrected chi connectivity index (χ1v) is 13.0. The summed E-state index contributed by atoms with van der Waals surface area (Å²) in [6.07, 6.45) is 0.414. The van der Waals surface area contributed by atoms with Gasteiger partial charge in [0.2, 0.25) is 5.91 Å². The molecular weight excluding hydrogens is 502 g/mol. The van der Waals surface area contributed by atoms with Crippen LogP contribution < -0.4 is 5.32 Å². The van der Waals surface area contributed by atoms with Gasteiger partial charge in [-0.15, -0.1) is 10.2 Å². The van der Waals surface area contributed by atoms with E-state index < -0.39 is 0 Å². The van der Waals surface area contributed by atoms with Crippen LogP contribution in [-0.4, -0.2) is 41.9 Å². The molecule has 0 aliphatic carbocycles. The van der Waals surface area contributed by atoms with Gasteiger partial charge in [-0.1, -0.05) is 102 Å². The van der Waals surface area contributed by atoms with Crippen LogP contribution >= 0.6 is 0 Å². The highest BCUT2D eigenvalue weighted by atomic mass is 16.2. The van der Waals surface area contributed by atoms with E-state index >= 15 is 0 Å². The van der Waals surface area contributed by atoms with Gasteiger partial charge in [-0.3, -0.25) is 4.79 Å². The smallest absolute Gasteiger partial charge is 0.332 e. The average Bonchev–Trinajstić information content (AvgIpc) is 3.62. The minimum absolute atomic E-state index is 0.0324. The Morgan fingerprint density at radius 3 is 2.02 bits per heavy atom. The first-order valence-electron chi connectivity index (χ1n) is 13.0. The fourth-order valence-electron chi connectivity index (χ4n) is 4.39. The normalized spacial score (nSPS) is 11.6. The number of amides is 1. The summed E-state index contributed by atoms with van der Waals surface area (Å²) in [5, 5.41) is 18.7. The first-order chi connectivity index (χ1) is 19.5. The Morgan fingerprint density at radius 1 is 0.750 bits per heavy atom. The van der Waals surface area contributed by atoms with Crippen molar-refractivity contribution in [3.63, 3.8) is 0 Å². The molecule has 2 heterocycles. The Bertz CT molecular complexity index is 1760. The number of fused-ring (bicyclic) bond motifs is 2. The number of benzene rings is 4. The molecule has 1 amide bonds. The summed E-state index contributed by atoms with van der Waals surface area (Å²) < 4.78 is 2.68. The highest BCUT2D eigenvalue weighted by Gasteiger charge is 2.16. The number of nitrogens with one attached hydrogen (secondary N) is 1. The molecule has 0 unspecified atom stereocenters. The van der Waals surface area contributed by atoms with E-state index in [0.29, 0.717) is 24.0 Å². The van der Waals surface area contributed by atoms with E-state index in [1.165, 1.54) is 14.9 Å². The van der Waals surface area contributed by atoms with Gasteiger partial charge in [0.05, 0.1) is 11.0 Å². The van der Waals surface area contributed by atoms with Gasteiger partial charge in [-0.25, -0.2) is 4.79 Å². The molecule has 0 bridgehead atoms. The van der Waals surface area contributed by atoms with Crippen molar-refractivity contribution in [2.24, 2.45) is 0 Å². The Kier molecular flexibility index (Phi) is 8.01. The molecule has 1 N–H and O–H groups in total. The minimum atomic E-state index is -0.278. The molecule has 6 rings (SSSR count). The number of hydrogen-bond acceptors (Lipinski definition) is 6. The lowest BCUT2D eigenvalue weighted by Gasteiger charge is -2.10. The number of carbonyl (C=O) groups excluding carboxylic acids is 2. The number of nitrogens with zero attached hydrogens (tertiary/aromatic N) is 6. The van der Waals surface area contributed by atoms with Gasteiger partial charge < -0.3 is 5.32 Å². The Labute approximate surface area is 231 Å². The molecule has 0 radical (unpaired) electrons. The summed E-state index contributed by atoms with van der Waals surface area (Å²) in [6.45, 7) is 4.54. The summed E-state index contributed by atoms with van der Waals surface area (Å²) in [6, 6.07) is 32.6. The topological polar surface area (TPSA) is 108 Å². The van der Waals surface area contributed by atoms with E-state index in [4.69, 9.17) is 0 Å². The van der Waals surface area contributed by atoms with Crippen molar-refractivity contribution in [3.05, 3.63) is 120 Å². The number of rotatable bonds is 5. The molecule has 2 aromatic heterocycles. The van der Waals surface area contributed by atoms with Gasteiger partial charge >= 0.3 is 6.03 Å². The van der Waals surface area contributed by atoms with Crippen molar-refractivity contribution in [1.29, 1.82) is 0 Å². The van der Waals surface area contributed by atoms with Crippen LogP contribution in [0.2, 0.25) is 0 Å². The van der Waals surface area contributed by atoms with Crippen molar-refractivity contribution in [3.8, 4) is 0 Å². The number of para-hydroxylation sites is 2. The molecule has 1 atom stereocenters. The third kappa shape index (κ3) is 6.10. The number of aromatic nitrogens is 6. The van der Waals surface area contributed by atoms with Gasteiger partial charge in [-0.2, -0.15) is 9.36 Å². The van der Waals surface area contributed by atoms with Crippen molar-refractivity contribution in [2.45, 2.75) is 32.7 Å². The SMILES string of the molecule is C[C@@H](CC(=O)n1nnc2ccccc21)c1ccccc1.Cc1cccc(CNC(=O)n2nnc3ccccc32)c1. The van der Waals surface area contributed by atoms with Gasteiger partial charge in [0.1, 0.15) is 11.0 Å². The quantitative estimate of drug-likeness (QED) is 0.303. The van der Waals surface area contributed by atoms with Crippen LogP contribution in [0.5, 0.6) is 0 Å². The first kappa shape index (κ1) is 26.4. The molecule has 6 aromatic rings. The lowest BCUT2D eigenvalue weighted by molar-refractivity contribution is 0.0882. The van der Waals surface area contributed by atoms with Crippen LogP contribution in [0.4, 0.5) is 4.79 Å². The second-order valence-corrected chi connectivity index (χ2v) is 9.54. The number of carbonyl (C=O) groups is 2. The molecule has 200 valence electrons. The predicted molar refractivity (Wildman–Crippen MR) is 154 cm³/mol. The third-order valence-electron chi connectivity index (χ3n) is 6.51. The largest absolute Gasteiger partial charge is 0.344 e. The van der Waals surface area contributed by atoms with Gasteiger partial charge in [0.15, 0.2) is 0 Å². The maximum Gasteiger partial charge on any atom is 0.344 e. The van der Waals surface area contributed by atoms with Crippen molar-refractivity contribution in [2.75, 3.05) is 0 Å². The Balaban J connectivity index is 0.000000161. The minimum Gasteiger partial charge on any atom is -0.332 e. The monoisotopic (exact) mass is 531 g/mol. The van der Waals surface area contributed by atoms with E-state index in [1.54, 1.807) is 0 Å². The highest BCUT2D eigenvalue weighted by molar-refractivity contribution is 5.89. The van der Waals surface area contributed by atoms with Crippen molar-refractivity contribution < 1.29 is 9.59 Å². The maximum absolute atomic E-state index is 12.4. The lowest BCUT2D eigenvalue weighted by atomic mass is 9.98. The van der Waals surface area contributed by atoms with Crippen LogP contribution in [0.25, 0.3) is 22.1 Å². The molecule has 0 aliphatic rings. The molecule has 0 saturated heterocycles. The van der Waals surface area contributed by atoms with E-state index in [-0.39, 0.29) is 17.9 Å². The number of hydrogen-bond donors (Lipinski definition) is 1. The molecule has 4 aromatic carbocycles. The zero-order valence-electron chi connectivity index (χ0n) is 22.3. The second-order valence-electron chi connectivity index (χ2n) is 9.54. The molecular formula is C31H29N7O2. The lowest BCUT2D eigenvalue weighted by Crippen LogP contribution is -2.28.